The van der Waals surface area contributed by atoms with Gasteiger partial charge in [-0.15, -0.1) is 0 Å². The lowest BCUT2D eigenvalue weighted by Gasteiger charge is -2.06. The van der Waals surface area contributed by atoms with Gasteiger partial charge in [0.1, 0.15) is 11.5 Å². The van der Waals surface area contributed by atoms with Gasteiger partial charge in [-0.1, -0.05) is 19.1 Å². The van der Waals surface area contributed by atoms with Gasteiger partial charge < -0.3 is 9.47 Å². The summed E-state index contributed by atoms with van der Waals surface area (Å²) < 4.78 is 10.3. The van der Waals surface area contributed by atoms with Gasteiger partial charge in [0.25, 0.3) is 5.69 Å². The lowest BCUT2D eigenvalue weighted by molar-refractivity contribution is -0.384. The highest BCUT2D eigenvalue weighted by atomic mass is 16.6. The van der Waals surface area contributed by atoms with Gasteiger partial charge in [0.05, 0.1) is 11.3 Å². The van der Waals surface area contributed by atoms with Crippen LogP contribution in [0.15, 0.2) is 48.5 Å². The first-order valence-corrected chi connectivity index (χ1v) is 7.72. The van der Waals surface area contributed by atoms with Gasteiger partial charge in [0, 0.05) is 18.6 Å². The standard InChI is InChI=1S/C18H17NO6/c1-2-3-17(20)24-15-8-4-13(5-9-15)12-18(21)25-16-10-6-14(7-11-16)19(22)23/h4-11H,2-3,12H2,1H3. The van der Waals surface area contributed by atoms with Crippen molar-refractivity contribution >= 4 is 17.6 Å². The SMILES string of the molecule is CCCC(=O)Oc1ccc(CC(=O)Oc2ccc([N+](=O)[O-])cc2)cc1. The molecule has 0 aliphatic rings. The quantitative estimate of drug-likeness (QED) is 0.331. The highest BCUT2D eigenvalue weighted by Gasteiger charge is 2.10. The largest absolute Gasteiger partial charge is 0.427 e. The summed E-state index contributed by atoms with van der Waals surface area (Å²) in [5.41, 5.74) is 0.621. The molecule has 0 saturated carbocycles. The van der Waals surface area contributed by atoms with Crippen LogP contribution >= 0.6 is 0 Å². The number of benzene rings is 2. The minimum atomic E-state index is -0.527. The number of ether oxygens (including phenoxy) is 2. The molecule has 0 unspecified atom stereocenters. The molecule has 25 heavy (non-hydrogen) atoms. The van der Waals surface area contributed by atoms with E-state index in [1.165, 1.54) is 24.3 Å². The molecule has 0 aromatic heterocycles. The van der Waals surface area contributed by atoms with Gasteiger partial charge in [-0.25, -0.2) is 0 Å². The Kier molecular flexibility index (Phi) is 6.22. The fourth-order valence-electron chi connectivity index (χ4n) is 2.03. The van der Waals surface area contributed by atoms with Gasteiger partial charge in [-0.3, -0.25) is 19.7 Å². The molecule has 0 heterocycles. The van der Waals surface area contributed by atoms with Gasteiger partial charge in [0.15, 0.2) is 0 Å². The van der Waals surface area contributed by atoms with Crippen LogP contribution in [0.4, 0.5) is 5.69 Å². The van der Waals surface area contributed by atoms with Crippen LogP contribution in [0.5, 0.6) is 11.5 Å². The highest BCUT2D eigenvalue weighted by molar-refractivity contribution is 5.75. The van der Waals surface area contributed by atoms with E-state index in [4.69, 9.17) is 9.47 Å². The van der Waals surface area contributed by atoms with E-state index in [2.05, 4.69) is 0 Å². The molecule has 7 heteroatoms. The molecule has 0 N–H and O–H groups in total. The molecule has 2 aromatic rings. The molecule has 0 aliphatic carbocycles. The number of nitro benzene ring substituents is 1. The summed E-state index contributed by atoms with van der Waals surface area (Å²) in [5.74, 6) is -0.135. The van der Waals surface area contributed by atoms with E-state index in [-0.39, 0.29) is 23.8 Å². The van der Waals surface area contributed by atoms with Crippen molar-refractivity contribution in [1.29, 1.82) is 0 Å². The molecule has 0 bridgehead atoms. The van der Waals surface area contributed by atoms with Crippen LogP contribution < -0.4 is 9.47 Å². The molecule has 0 spiro atoms. The Morgan fingerprint density at radius 2 is 1.44 bits per heavy atom. The second kappa shape index (κ2) is 8.58. The van der Waals surface area contributed by atoms with E-state index in [1.54, 1.807) is 24.3 Å². The predicted octanol–water partition coefficient (Wildman–Crippen LogP) is 3.45. The fourth-order valence-corrected chi connectivity index (χ4v) is 2.03. The predicted molar refractivity (Wildman–Crippen MR) is 89.4 cm³/mol. The fraction of sp³-hybridized carbons (Fsp3) is 0.222. The molecule has 0 radical (unpaired) electrons. The van der Waals surface area contributed by atoms with Crippen molar-refractivity contribution in [2.24, 2.45) is 0 Å². The van der Waals surface area contributed by atoms with Crippen LogP contribution in [0.1, 0.15) is 25.3 Å². The molecule has 0 amide bonds. The van der Waals surface area contributed by atoms with Gasteiger partial charge in [0.2, 0.25) is 0 Å². The summed E-state index contributed by atoms with van der Waals surface area (Å²) in [5, 5.41) is 10.6. The Bertz CT molecular complexity index is 752. The summed E-state index contributed by atoms with van der Waals surface area (Å²) in [6.07, 6.45) is 1.09. The number of carbonyl (C=O) groups is 2. The molecule has 0 atom stereocenters. The Morgan fingerprint density at radius 3 is 1.96 bits per heavy atom. The lowest BCUT2D eigenvalue weighted by atomic mass is 10.1. The summed E-state index contributed by atoms with van der Waals surface area (Å²) >= 11 is 0. The summed E-state index contributed by atoms with van der Waals surface area (Å²) in [4.78, 5) is 33.4. The third kappa shape index (κ3) is 5.72. The van der Waals surface area contributed by atoms with E-state index < -0.39 is 10.9 Å². The summed E-state index contributed by atoms with van der Waals surface area (Å²) in [7, 11) is 0. The normalized spacial score (nSPS) is 10.1. The van der Waals surface area contributed by atoms with Crippen LogP contribution in [-0.4, -0.2) is 16.9 Å². The van der Waals surface area contributed by atoms with Crippen LogP contribution in [0.2, 0.25) is 0 Å². The van der Waals surface area contributed by atoms with Crippen molar-refractivity contribution < 1.29 is 24.0 Å². The van der Waals surface area contributed by atoms with Crippen molar-refractivity contribution in [2.75, 3.05) is 0 Å². The van der Waals surface area contributed by atoms with E-state index in [1.807, 2.05) is 6.92 Å². The maximum absolute atomic E-state index is 11.9. The van der Waals surface area contributed by atoms with Crippen molar-refractivity contribution in [3.05, 3.63) is 64.2 Å². The molecule has 130 valence electrons. The first-order valence-electron chi connectivity index (χ1n) is 7.72. The average molecular weight is 343 g/mol. The number of carbonyl (C=O) groups excluding carboxylic acids is 2. The minimum absolute atomic E-state index is 0.0280. The first kappa shape index (κ1) is 18.1. The van der Waals surface area contributed by atoms with E-state index in [0.29, 0.717) is 24.2 Å². The third-order valence-electron chi connectivity index (χ3n) is 3.24. The van der Waals surface area contributed by atoms with E-state index >= 15 is 0 Å². The Morgan fingerprint density at radius 1 is 0.920 bits per heavy atom. The number of non-ortho nitro benzene ring substituents is 1. The second-order valence-corrected chi connectivity index (χ2v) is 5.27. The summed E-state index contributed by atoms with van der Waals surface area (Å²) in [6.45, 7) is 1.89. The zero-order valence-electron chi connectivity index (χ0n) is 13.6. The van der Waals surface area contributed by atoms with Crippen molar-refractivity contribution in [3.63, 3.8) is 0 Å². The van der Waals surface area contributed by atoms with Gasteiger partial charge >= 0.3 is 11.9 Å². The minimum Gasteiger partial charge on any atom is -0.427 e. The molecule has 0 saturated heterocycles. The molecule has 0 aliphatic heterocycles. The Labute approximate surface area is 144 Å². The van der Waals surface area contributed by atoms with Crippen LogP contribution in [0, 0.1) is 10.1 Å². The van der Waals surface area contributed by atoms with Crippen molar-refractivity contribution in [2.45, 2.75) is 26.2 Å². The molecule has 2 rings (SSSR count). The average Bonchev–Trinajstić information content (AvgIpc) is 2.57. The number of rotatable bonds is 7. The van der Waals surface area contributed by atoms with Gasteiger partial charge in [-0.2, -0.15) is 0 Å². The van der Waals surface area contributed by atoms with Crippen LogP contribution in [0.3, 0.4) is 0 Å². The third-order valence-corrected chi connectivity index (χ3v) is 3.24. The first-order chi connectivity index (χ1) is 12.0. The molecular formula is C18H17NO6. The summed E-state index contributed by atoms with van der Waals surface area (Å²) in [6, 6.07) is 11.8. The second-order valence-electron chi connectivity index (χ2n) is 5.27. The monoisotopic (exact) mass is 343 g/mol. The van der Waals surface area contributed by atoms with Crippen molar-refractivity contribution in [3.8, 4) is 11.5 Å². The van der Waals surface area contributed by atoms with E-state index in [0.717, 1.165) is 0 Å². The number of esters is 2. The lowest BCUT2D eigenvalue weighted by Crippen LogP contribution is -2.11. The number of hydrogen-bond donors (Lipinski definition) is 0. The number of nitro groups is 1. The van der Waals surface area contributed by atoms with E-state index in [9.17, 15) is 19.7 Å². The topological polar surface area (TPSA) is 95.7 Å². The maximum Gasteiger partial charge on any atom is 0.315 e. The molecule has 2 aromatic carbocycles. The molecule has 0 fully saturated rings. The van der Waals surface area contributed by atoms with Crippen molar-refractivity contribution in [1.82, 2.24) is 0 Å². The van der Waals surface area contributed by atoms with Gasteiger partial charge in [-0.05, 0) is 36.2 Å². The highest BCUT2D eigenvalue weighted by Crippen LogP contribution is 2.18. The maximum atomic E-state index is 11.9. The zero-order chi connectivity index (χ0) is 18.2. The molecular weight excluding hydrogens is 326 g/mol. The Hall–Kier alpha value is -3.22. The van der Waals surface area contributed by atoms with Crippen LogP contribution in [-0.2, 0) is 16.0 Å². The Balaban J connectivity index is 1.89. The van der Waals surface area contributed by atoms with Crippen LogP contribution in [0.25, 0.3) is 0 Å². The molecule has 7 nitrogen and oxygen atoms in total. The number of hydrogen-bond acceptors (Lipinski definition) is 6. The number of nitrogens with zero attached hydrogens (tertiary/aromatic N) is 1. The smallest absolute Gasteiger partial charge is 0.315 e. The zero-order valence-corrected chi connectivity index (χ0v) is 13.6.